The van der Waals surface area contributed by atoms with Gasteiger partial charge in [-0.05, 0) is 48.0 Å². The first-order valence-corrected chi connectivity index (χ1v) is 7.03. The SMILES string of the molecule is CN(C(=O)c1ccc(Br)c(O)c1)C(C)(C)CBr. The highest BCUT2D eigenvalue weighted by atomic mass is 79.9. The van der Waals surface area contributed by atoms with Crippen molar-refractivity contribution in [3.05, 3.63) is 28.2 Å². The Hall–Kier alpha value is -0.550. The smallest absolute Gasteiger partial charge is 0.254 e. The first-order chi connectivity index (χ1) is 7.79. The highest BCUT2D eigenvalue weighted by Gasteiger charge is 2.27. The van der Waals surface area contributed by atoms with Crippen LogP contribution in [0, 0.1) is 0 Å². The summed E-state index contributed by atoms with van der Waals surface area (Å²) in [5.74, 6) is -0.0434. The third kappa shape index (κ3) is 3.22. The van der Waals surface area contributed by atoms with Crippen LogP contribution < -0.4 is 0 Å². The van der Waals surface area contributed by atoms with E-state index in [4.69, 9.17) is 0 Å². The Morgan fingerprint density at radius 1 is 1.47 bits per heavy atom. The number of phenolic OH excluding ortho intramolecular Hbond substituents is 1. The van der Waals surface area contributed by atoms with Crippen LogP contribution in [0.15, 0.2) is 22.7 Å². The Morgan fingerprint density at radius 2 is 2.06 bits per heavy atom. The Labute approximate surface area is 118 Å². The summed E-state index contributed by atoms with van der Waals surface area (Å²) in [4.78, 5) is 13.8. The van der Waals surface area contributed by atoms with Gasteiger partial charge < -0.3 is 10.0 Å². The van der Waals surface area contributed by atoms with Gasteiger partial charge in [0.25, 0.3) is 5.91 Å². The molecule has 1 rings (SSSR count). The normalized spacial score (nSPS) is 11.4. The lowest BCUT2D eigenvalue weighted by Crippen LogP contribution is -2.46. The average molecular weight is 365 g/mol. The molecule has 0 atom stereocenters. The van der Waals surface area contributed by atoms with Gasteiger partial charge in [0.05, 0.1) is 4.47 Å². The van der Waals surface area contributed by atoms with Gasteiger partial charge in [0, 0.05) is 23.5 Å². The first kappa shape index (κ1) is 14.5. The number of amides is 1. The molecule has 0 bridgehead atoms. The zero-order chi connectivity index (χ0) is 13.2. The van der Waals surface area contributed by atoms with E-state index in [1.165, 1.54) is 6.07 Å². The van der Waals surface area contributed by atoms with Crippen LogP contribution in [0.5, 0.6) is 5.75 Å². The van der Waals surface area contributed by atoms with E-state index < -0.39 is 0 Å². The van der Waals surface area contributed by atoms with Crippen molar-refractivity contribution in [1.29, 1.82) is 0 Å². The van der Waals surface area contributed by atoms with Crippen molar-refractivity contribution in [1.82, 2.24) is 4.90 Å². The fraction of sp³-hybridized carbons (Fsp3) is 0.417. The van der Waals surface area contributed by atoms with Gasteiger partial charge in [-0.25, -0.2) is 0 Å². The summed E-state index contributed by atoms with van der Waals surface area (Å²) in [6.45, 7) is 3.94. The van der Waals surface area contributed by atoms with E-state index in [9.17, 15) is 9.90 Å². The number of phenols is 1. The van der Waals surface area contributed by atoms with Gasteiger partial charge in [0.2, 0.25) is 0 Å². The van der Waals surface area contributed by atoms with Gasteiger partial charge >= 0.3 is 0 Å². The van der Waals surface area contributed by atoms with Crippen LogP contribution in [-0.2, 0) is 0 Å². The van der Waals surface area contributed by atoms with E-state index in [1.54, 1.807) is 24.1 Å². The monoisotopic (exact) mass is 363 g/mol. The van der Waals surface area contributed by atoms with E-state index in [-0.39, 0.29) is 17.2 Å². The van der Waals surface area contributed by atoms with Crippen LogP contribution in [-0.4, -0.2) is 33.8 Å². The van der Waals surface area contributed by atoms with Crippen LogP contribution in [0.1, 0.15) is 24.2 Å². The zero-order valence-electron chi connectivity index (χ0n) is 10.00. The van der Waals surface area contributed by atoms with Crippen molar-refractivity contribution >= 4 is 37.8 Å². The van der Waals surface area contributed by atoms with Crippen LogP contribution in [0.4, 0.5) is 0 Å². The lowest BCUT2D eigenvalue weighted by molar-refractivity contribution is 0.0663. The summed E-state index contributed by atoms with van der Waals surface area (Å²) in [6, 6.07) is 4.82. The van der Waals surface area contributed by atoms with Crippen LogP contribution in [0.3, 0.4) is 0 Å². The maximum Gasteiger partial charge on any atom is 0.254 e. The molecule has 0 aromatic heterocycles. The van der Waals surface area contributed by atoms with Gasteiger partial charge in [0.15, 0.2) is 0 Å². The number of rotatable bonds is 3. The van der Waals surface area contributed by atoms with Gasteiger partial charge in [-0.3, -0.25) is 4.79 Å². The maximum absolute atomic E-state index is 12.2. The summed E-state index contributed by atoms with van der Waals surface area (Å²) in [5, 5.41) is 10.2. The third-order valence-corrected chi connectivity index (χ3v) is 4.78. The van der Waals surface area contributed by atoms with Crippen molar-refractivity contribution in [2.45, 2.75) is 19.4 Å². The molecular formula is C12H15Br2NO2. The minimum atomic E-state index is -0.278. The second kappa shape index (κ2) is 5.40. The summed E-state index contributed by atoms with van der Waals surface area (Å²) < 4.78 is 0.580. The van der Waals surface area contributed by atoms with Crippen molar-refractivity contribution in [2.75, 3.05) is 12.4 Å². The number of alkyl halides is 1. The van der Waals surface area contributed by atoms with E-state index in [1.807, 2.05) is 13.8 Å². The van der Waals surface area contributed by atoms with E-state index in [0.717, 1.165) is 0 Å². The number of halogens is 2. The molecule has 5 heteroatoms. The Kier molecular flexibility index (Phi) is 4.61. The number of hydrogen-bond donors (Lipinski definition) is 1. The molecule has 3 nitrogen and oxygen atoms in total. The summed E-state index contributed by atoms with van der Waals surface area (Å²) in [5.41, 5.74) is 0.196. The molecule has 0 unspecified atom stereocenters. The zero-order valence-corrected chi connectivity index (χ0v) is 13.2. The predicted molar refractivity (Wildman–Crippen MR) is 75.8 cm³/mol. The third-order valence-electron chi connectivity index (χ3n) is 2.73. The molecule has 0 aliphatic carbocycles. The molecule has 1 N–H and O–H groups in total. The van der Waals surface area contributed by atoms with Crippen molar-refractivity contribution in [3.8, 4) is 5.75 Å². The van der Waals surface area contributed by atoms with Crippen molar-refractivity contribution < 1.29 is 9.90 Å². The van der Waals surface area contributed by atoms with E-state index in [0.29, 0.717) is 15.4 Å². The molecule has 17 heavy (non-hydrogen) atoms. The van der Waals surface area contributed by atoms with Gasteiger partial charge in [-0.15, -0.1) is 0 Å². The molecule has 0 aliphatic heterocycles. The maximum atomic E-state index is 12.2. The molecular weight excluding hydrogens is 350 g/mol. The Bertz CT molecular complexity index is 433. The molecule has 0 aliphatic rings. The largest absolute Gasteiger partial charge is 0.507 e. The highest BCUT2D eigenvalue weighted by molar-refractivity contribution is 9.10. The van der Waals surface area contributed by atoms with Gasteiger partial charge in [-0.2, -0.15) is 0 Å². The molecule has 0 saturated carbocycles. The molecule has 0 spiro atoms. The van der Waals surface area contributed by atoms with Crippen molar-refractivity contribution in [2.24, 2.45) is 0 Å². The summed E-state index contributed by atoms with van der Waals surface area (Å²) in [7, 11) is 1.75. The fourth-order valence-electron chi connectivity index (χ4n) is 1.20. The molecule has 1 aromatic rings. The minimum Gasteiger partial charge on any atom is -0.507 e. The Morgan fingerprint density at radius 3 is 2.53 bits per heavy atom. The predicted octanol–water partition coefficient (Wildman–Crippen LogP) is 3.40. The van der Waals surface area contributed by atoms with E-state index >= 15 is 0 Å². The van der Waals surface area contributed by atoms with Gasteiger partial charge in [0.1, 0.15) is 5.75 Å². The molecule has 94 valence electrons. The Balaban J connectivity index is 3.01. The van der Waals surface area contributed by atoms with E-state index in [2.05, 4.69) is 31.9 Å². The standard InChI is InChI=1S/C12H15Br2NO2/c1-12(2,7-13)15(3)11(17)8-4-5-9(14)10(16)6-8/h4-6,16H,7H2,1-3H3. The fourth-order valence-corrected chi connectivity index (χ4v) is 1.83. The topological polar surface area (TPSA) is 40.5 Å². The van der Waals surface area contributed by atoms with Crippen LogP contribution in [0.2, 0.25) is 0 Å². The van der Waals surface area contributed by atoms with Crippen LogP contribution >= 0.6 is 31.9 Å². The lowest BCUT2D eigenvalue weighted by atomic mass is 10.0. The van der Waals surface area contributed by atoms with Gasteiger partial charge in [-0.1, -0.05) is 15.9 Å². The second-order valence-electron chi connectivity index (χ2n) is 4.48. The minimum absolute atomic E-state index is 0.0703. The molecule has 1 amide bonds. The number of carbonyl (C=O) groups is 1. The van der Waals surface area contributed by atoms with Crippen LogP contribution in [0.25, 0.3) is 0 Å². The highest BCUT2D eigenvalue weighted by Crippen LogP contribution is 2.26. The molecule has 0 radical (unpaired) electrons. The number of hydrogen-bond acceptors (Lipinski definition) is 2. The summed E-state index contributed by atoms with van der Waals surface area (Å²) >= 11 is 6.57. The molecule has 1 aromatic carbocycles. The number of aromatic hydroxyl groups is 1. The molecule has 0 heterocycles. The average Bonchev–Trinajstić information content (AvgIpc) is 2.30. The second-order valence-corrected chi connectivity index (χ2v) is 5.89. The molecule has 0 saturated heterocycles. The summed E-state index contributed by atoms with van der Waals surface area (Å²) in [6.07, 6.45) is 0. The molecule has 0 fully saturated rings. The quantitative estimate of drug-likeness (QED) is 0.835. The van der Waals surface area contributed by atoms with Crippen molar-refractivity contribution in [3.63, 3.8) is 0 Å². The lowest BCUT2D eigenvalue weighted by Gasteiger charge is -2.34. The number of benzene rings is 1. The number of nitrogens with zero attached hydrogens (tertiary/aromatic N) is 1. The number of carbonyl (C=O) groups excluding carboxylic acids is 1. The first-order valence-electron chi connectivity index (χ1n) is 5.12.